The third-order valence-corrected chi connectivity index (χ3v) is 3.76. The molecule has 0 fully saturated rings. The van der Waals surface area contributed by atoms with Gasteiger partial charge in [0.15, 0.2) is 5.75 Å². The lowest BCUT2D eigenvalue weighted by Gasteiger charge is -2.30. The molecule has 2 aromatic carbocycles. The van der Waals surface area contributed by atoms with Crippen LogP contribution in [0.5, 0.6) is 23.0 Å². The van der Waals surface area contributed by atoms with E-state index in [1.807, 2.05) is 20.8 Å². The average Bonchev–Trinajstić information content (AvgIpc) is 2.57. The van der Waals surface area contributed by atoms with E-state index in [4.69, 9.17) is 19.9 Å². The molecule has 6 nitrogen and oxygen atoms in total. The van der Waals surface area contributed by atoms with Gasteiger partial charge in [-0.1, -0.05) is 0 Å². The number of methoxy groups -OCH3 is 1. The first kappa shape index (κ1) is 18.4. The number of nitrogen functional groups attached to an aromatic ring is 1. The third-order valence-electron chi connectivity index (χ3n) is 3.76. The van der Waals surface area contributed by atoms with Crippen LogP contribution >= 0.6 is 0 Å². The number of ether oxygens (including phenoxy) is 3. The number of hydrogen-bond donors (Lipinski definition) is 1. The number of nitrogens with two attached hydrogens (primary N) is 1. The van der Waals surface area contributed by atoms with Gasteiger partial charge in [0.05, 0.1) is 12.8 Å². The van der Waals surface area contributed by atoms with Crippen LogP contribution in [0.15, 0.2) is 42.5 Å². The minimum absolute atomic E-state index is 0.257. The number of rotatable bonds is 4. The Bertz CT molecular complexity index is 736. The maximum absolute atomic E-state index is 12.2. The molecule has 2 rings (SSSR count). The minimum Gasteiger partial charge on any atom is -0.497 e. The van der Waals surface area contributed by atoms with Crippen molar-refractivity contribution in [1.82, 2.24) is 4.90 Å². The SMILES string of the molecule is COc1ccc(Oc2ccc(N)c(OC(=O)N(C)C(C)(C)C)c2)cc1. The summed E-state index contributed by atoms with van der Waals surface area (Å²) < 4.78 is 16.3. The van der Waals surface area contributed by atoms with Gasteiger partial charge in [-0.15, -0.1) is 0 Å². The number of nitrogens with zero attached hydrogens (tertiary/aromatic N) is 1. The molecule has 1 amide bonds. The van der Waals surface area contributed by atoms with Gasteiger partial charge in [0.1, 0.15) is 17.2 Å². The highest BCUT2D eigenvalue weighted by atomic mass is 16.6. The monoisotopic (exact) mass is 344 g/mol. The topological polar surface area (TPSA) is 74.0 Å². The van der Waals surface area contributed by atoms with Crippen LogP contribution < -0.4 is 19.9 Å². The second kappa shape index (κ2) is 7.34. The third kappa shape index (κ3) is 4.79. The van der Waals surface area contributed by atoms with Gasteiger partial charge in [0.2, 0.25) is 0 Å². The molecule has 2 N–H and O–H groups in total. The molecule has 25 heavy (non-hydrogen) atoms. The zero-order valence-electron chi connectivity index (χ0n) is 15.2. The van der Waals surface area contributed by atoms with E-state index in [0.29, 0.717) is 17.2 Å². The van der Waals surface area contributed by atoms with Gasteiger partial charge >= 0.3 is 6.09 Å². The summed E-state index contributed by atoms with van der Waals surface area (Å²) in [7, 11) is 3.28. The van der Waals surface area contributed by atoms with E-state index >= 15 is 0 Å². The van der Waals surface area contributed by atoms with Gasteiger partial charge in [0, 0.05) is 18.7 Å². The highest BCUT2D eigenvalue weighted by Gasteiger charge is 2.24. The number of carbonyl (C=O) groups excluding carboxylic acids is 1. The Balaban J connectivity index is 2.15. The molecule has 0 atom stereocenters. The molecule has 0 spiro atoms. The fourth-order valence-electron chi connectivity index (χ4n) is 1.88. The predicted molar refractivity (Wildman–Crippen MR) is 97.5 cm³/mol. The van der Waals surface area contributed by atoms with Crippen molar-refractivity contribution in [2.75, 3.05) is 19.9 Å². The summed E-state index contributed by atoms with van der Waals surface area (Å²) in [5.74, 6) is 2.15. The molecule has 0 aliphatic heterocycles. The van der Waals surface area contributed by atoms with Gasteiger partial charge in [-0.2, -0.15) is 0 Å². The molecule has 0 heterocycles. The maximum Gasteiger partial charge on any atom is 0.415 e. The van der Waals surface area contributed by atoms with Crippen LogP contribution in [0.25, 0.3) is 0 Å². The lowest BCUT2D eigenvalue weighted by Crippen LogP contribution is -2.44. The Hall–Kier alpha value is -2.89. The first-order chi connectivity index (χ1) is 11.7. The van der Waals surface area contributed by atoms with Crippen molar-refractivity contribution in [3.63, 3.8) is 0 Å². The molecule has 0 radical (unpaired) electrons. The van der Waals surface area contributed by atoms with Crippen LogP contribution in [0.1, 0.15) is 20.8 Å². The number of anilines is 1. The number of carbonyl (C=O) groups is 1. The highest BCUT2D eigenvalue weighted by Crippen LogP contribution is 2.31. The van der Waals surface area contributed by atoms with E-state index < -0.39 is 6.09 Å². The Morgan fingerprint density at radius 1 is 1.00 bits per heavy atom. The zero-order chi connectivity index (χ0) is 18.6. The van der Waals surface area contributed by atoms with Crippen LogP contribution in [0.2, 0.25) is 0 Å². The zero-order valence-corrected chi connectivity index (χ0v) is 15.2. The summed E-state index contributed by atoms with van der Waals surface area (Å²) >= 11 is 0. The molecule has 134 valence electrons. The van der Waals surface area contributed by atoms with Gasteiger partial charge in [-0.25, -0.2) is 4.79 Å². The molecule has 0 saturated carbocycles. The molecule has 0 unspecified atom stereocenters. The van der Waals surface area contributed by atoms with E-state index in [9.17, 15) is 4.79 Å². The summed E-state index contributed by atoms with van der Waals surface area (Å²) in [6, 6.07) is 12.1. The number of hydrogen-bond acceptors (Lipinski definition) is 5. The van der Waals surface area contributed by atoms with Crippen molar-refractivity contribution >= 4 is 11.8 Å². The molecule has 0 aliphatic carbocycles. The van der Waals surface area contributed by atoms with E-state index in [0.717, 1.165) is 5.75 Å². The standard InChI is InChI=1S/C19H24N2O4/c1-19(2,3)21(4)18(22)25-17-12-15(10-11-16(17)20)24-14-8-6-13(23-5)7-9-14/h6-12H,20H2,1-5H3. The Morgan fingerprint density at radius 3 is 2.12 bits per heavy atom. The van der Waals surface area contributed by atoms with Crippen LogP contribution in [0.3, 0.4) is 0 Å². The molecule has 0 saturated heterocycles. The van der Waals surface area contributed by atoms with Crippen molar-refractivity contribution in [2.45, 2.75) is 26.3 Å². The summed E-state index contributed by atoms with van der Waals surface area (Å²) in [5, 5.41) is 0. The lowest BCUT2D eigenvalue weighted by atomic mass is 10.1. The first-order valence-corrected chi connectivity index (χ1v) is 7.88. The van der Waals surface area contributed by atoms with Crippen LogP contribution in [-0.2, 0) is 0 Å². The summed E-state index contributed by atoms with van der Waals surface area (Å²) in [4.78, 5) is 13.7. The smallest absolute Gasteiger partial charge is 0.415 e. The Kier molecular flexibility index (Phi) is 5.41. The summed E-state index contributed by atoms with van der Waals surface area (Å²) in [6.45, 7) is 5.75. The quantitative estimate of drug-likeness (QED) is 0.837. The number of amides is 1. The first-order valence-electron chi connectivity index (χ1n) is 7.88. The Morgan fingerprint density at radius 2 is 1.56 bits per heavy atom. The van der Waals surface area contributed by atoms with Crippen molar-refractivity contribution in [2.24, 2.45) is 0 Å². The number of benzene rings is 2. The van der Waals surface area contributed by atoms with E-state index in [1.165, 1.54) is 4.90 Å². The summed E-state index contributed by atoms with van der Waals surface area (Å²) in [6.07, 6.45) is -0.485. The van der Waals surface area contributed by atoms with E-state index in [2.05, 4.69) is 0 Å². The largest absolute Gasteiger partial charge is 0.497 e. The van der Waals surface area contributed by atoms with Gasteiger partial charge in [-0.3, -0.25) is 0 Å². The molecular weight excluding hydrogens is 320 g/mol. The molecule has 0 aliphatic rings. The minimum atomic E-state index is -0.485. The van der Waals surface area contributed by atoms with Crippen LogP contribution in [-0.4, -0.2) is 30.7 Å². The van der Waals surface area contributed by atoms with Crippen molar-refractivity contribution in [3.05, 3.63) is 42.5 Å². The Labute approximate surface area is 148 Å². The second-order valence-corrected chi connectivity index (χ2v) is 6.58. The van der Waals surface area contributed by atoms with E-state index in [1.54, 1.807) is 56.6 Å². The van der Waals surface area contributed by atoms with Crippen LogP contribution in [0.4, 0.5) is 10.5 Å². The maximum atomic E-state index is 12.2. The molecule has 2 aromatic rings. The molecule has 0 aromatic heterocycles. The van der Waals surface area contributed by atoms with Gasteiger partial charge in [0.25, 0.3) is 0 Å². The fraction of sp³-hybridized carbons (Fsp3) is 0.316. The van der Waals surface area contributed by atoms with Gasteiger partial charge in [-0.05, 0) is 57.2 Å². The molecular formula is C19H24N2O4. The van der Waals surface area contributed by atoms with E-state index in [-0.39, 0.29) is 11.3 Å². The van der Waals surface area contributed by atoms with Gasteiger partial charge < -0.3 is 24.8 Å². The normalized spacial score (nSPS) is 10.9. The summed E-state index contributed by atoms with van der Waals surface area (Å²) in [5.41, 5.74) is 5.91. The van der Waals surface area contributed by atoms with Crippen molar-refractivity contribution < 1.29 is 19.0 Å². The predicted octanol–water partition coefficient (Wildman–Crippen LogP) is 4.30. The van der Waals surface area contributed by atoms with Crippen LogP contribution in [0, 0.1) is 0 Å². The molecule has 6 heteroatoms. The fourth-order valence-corrected chi connectivity index (χ4v) is 1.88. The highest BCUT2D eigenvalue weighted by molar-refractivity contribution is 5.74. The molecule has 0 bridgehead atoms. The van der Waals surface area contributed by atoms with Crippen molar-refractivity contribution in [3.8, 4) is 23.0 Å². The van der Waals surface area contributed by atoms with Crippen molar-refractivity contribution in [1.29, 1.82) is 0 Å². The lowest BCUT2D eigenvalue weighted by molar-refractivity contribution is 0.124. The average molecular weight is 344 g/mol. The second-order valence-electron chi connectivity index (χ2n) is 6.58.